The zero-order valence-electron chi connectivity index (χ0n) is 15.8. The summed E-state index contributed by atoms with van der Waals surface area (Å²) in [5, 5.41) is 3.33. The number of piperidine rings is 1. The Morgan fingerprint density at radius 3 is 2.44 bits per heavy atom. The fraction of sp³-hybridized carbons (Fsp3) is 0.550. The highest BCUT2D eigenvalue weighted by Gasteiger charge is 2.45. The van der Waals surface area contributed by atoms with Crippen molar-refractivity contribution in [3.05, 3.63) is 34.9 Å². The van der Waals surface area contributed by atoms with Crippen LogP contribution in [0.2, 0.25) is 5.02 Å². The Kier molecular flexibility index (Phi) is 5.75. The van der Waals surface area contributed by atoms with E-state index in [2.05, 4.69) is 5.32 Å². The lowest BCUT2D eigenvalue weighted by Gasteiger charge is -2.39. The molecule has 0 aliphatic carbocycles. The van der Waals surface area contributed by atoms with Crippen molar-refractivity contribution in [1.82, 2.24) is 15.1 Å². The van der Waals surface area contributed by atoms with Crippen molar-refractivity contribution in [2.24, 2.45) is 5.41 Å². The highest BCUT2D eigenvalue weighted by atomic mass is 35.5. The van der Waals surface area contributed by atoms with Gasteiger partial charge in [-0.05, 0) is 37.5 Å². The molecule has 1 spiro atoms. The van der Waals surface area contributed by atoms with Gasteiger partial charge in [-0.2, -0.15) is 0 Å². The van der Waals surface area contributed by atoms with E-state index in [0.717, 1.165) is 24.9 Å². The largest absolute Gasteiger partial charge is 0.345 e. The number of nitrogens with one attached hydrogen (secondary N) is 1. The van der Waals surface area contributed by atoms with Crippen LogP contribution in [-0.2, 0) is 20.9 Å². The van der Waals surface area contributed by atoms with Gasteiger partial charge in [-0.25, -0.2) is 0 Å². The molecular formula is C20H26ClN3O3. The number of nitrogens with zero attached hydrogens (tertiary/aromatic N) is 2. The molecule has 146 valence electrons. The van der Waals surface area contributed by atoms with Crippen LogP contribution in [0.15, 0.2) is 24.3 Å². The van der Waals surface area contributed by atoms with Crippen LogP contribution in [0, 0.1) is 5.41 Å². The van der Waals surface area contributed by atoms with Crippen molar-refractivity contribution < 1.29 is 14.4 Å². The molecule has 3 rings (SSSR count). The van der Waals surface area contributed by atoms with Crippen LogP contribution in [0.5, 0.6) is 0 Å². The molecule has 1 atom stereocenters. The first-order valence-corrected chi connectivity index (χ1v) is 9.74. The first-order valence-electron chi connectivity index (χ1n) is 9.36. The molecule has 2 saturated heterocycles. The molecule has 27 heavy (non-hydrogen) atoms. The molecule has 0 aromatic heterocycles. The predicted molar refractivity (Wildman–Crippen MR) is 103 cm³/mol. The molecule has 0 radical (unpaired) electrons. The summed E-state index contributed by atoms with van der Waals surface area (Å²) in [4.78, 5) is 39.9. The van der Waals surface area contributed by atoms with Gasteiger partial charge in [-0.3, -0.25) is 14.4 Å². The molecule has 7 heteroatoms. The Bertz CT molecular complexity index is 726. The Balaban J connectivity index is 1.56. The van der Waals surface area contributed by atoms with Crippen LogP contribution in [-0.4, -0.2) is 53.2 Å². The van der Waals surface area contributed by atoms with E-state index in [4.69, 9.17) is 11.6 Å². The minimum absolute atomic E-state index is 0.0441. The van der Waals surface area contributed by atoms with E-state index >= 15 is 0 Å². The number of hydrogen-bond donors (Lipinski definition) is 1. The van der Waals surface area contributed by atoms with E-state index in [1.807, 2.05) is 29.2 Å². The van der Waals surface area contributed by atoms with Crippen molar-refractivity contribution >= 4 is 29.3 Å². The third kappa shape index (κ3) is 4.61. The fourth-order valence-electron chi connectivity index (χ4n) is 4.11. The molecular weight excluding hydrogens is 366 g/mol. The van der Waals surface area contributed by atoms with Gasteiger partial charge >= 0.3 is 0 Å². The quantitative estimate of drug-likeness (QED) is 0.855. The molecule has 0 unspecified atom stereocenters. The second-order valence-electron chi connectivity index (χ2n) is 7.80. The van der Waals surface area contributed by atoms with Gasteiger partial charge in [-0.1, -0.05) is 23.7 Å². The minimum Gasteiger partial charge on any atom is -0.345 e. The number of hydrogen-bond acceptors (Lipinski definition) is 3. The van der Waals surface area contributed by atoms with Gasteiger partial charge in [0, 0.05) is 50.0 Å². The van der Waals surface area contributed by atoms with E-state index in [1.54, 1.807) is 11.8 Å². The SMILES string of the molecule is CC(=O)N[C@H](C)C(=O)N1CCC2(CC1)CC(=O)N(Cc1ccc(Cl)cc1)C2. The molecule has 1 aromatic rings. The van der Waals surface area contributed by atoms with Crippen LogP contribution >= 0.6 is 11.6 Å². The second kappa shape index (κ2) is 7.89. The number of carbonyl (C=O) groups is 3. The average molecular weight is 392 g/mol. The van der Waals surface area contributed by atoms with E-state index in [-0.39, 0.29) is 23.1 Å². The van der Waals surface area contributed by atoms with E-state index in [0.29, 0.717) is 31.1 Å². The lowest BCUT2D eigenvalue weighted by atomic mass is 9.77. The molecule has 0 saturated carbocycles. The van der Waals surface area contributed by atoms with Crippen LogP contribution in [0.4, 0.5) is 0 Å². The van der Waals surface area contributed by atoms with Crippen molar-refractivity contribution in [3.8, 4) is 0 Å². The van der Waals surface area contributed by atoms with Crippen LogP contribution in [0.25, 0.3) is 0 Å². The molecule has 2 fully saturated rings. The summed E-state index contributed by atoms with van der Waals surface area (Å²) in [5.41, 5.74) is 1.03. The number of benzene rings is 1. The molecule has 2 heterocycles. The third-order valence-electron chi connectivity index (χ3n) is 5.62. The molecule has 1 aromatic carbocycles. The number of carbonyl (C=O) groups excluding carboxylic acids is 3. The third-order valence-corrected chi connectivity index (χ3v) is 5.87. The smallest absolute Gasteiger partial charge is 0.244 e. The van der Waals surface area contributed by atoms with Gasteiger partial charge in [0.25, 0.3) is 0 Å². The van der Waals surface area contributed by atoms with Gasteiger partial charge in [0.1, 0.15) is 6.04 Å². The summed E-state index contributed by atoms with van der Waals surface area (Å²) >= 11 is 5.93. The molecule has 0 bridgehead atoms. The maximum Gasteiger partial charge on any atom is 0.244 e. The summed E-state index contributed by atoms with van der Waals surface area (Å²) in [6, 6.07) is 7.07. The Morgan fingerprint density at radius 2 is 1.85 bits per heavy atom. The first kappa shape index (κ1) is 19.7. The summed E-state index contributed by atoms with van der Waals surface area (Å²) in [6.45, 7) is 5.71. The van der Waals surface area contributed by atoms with Gasteiger partial charge in [0.05, 0.1) is 0 Å². The van der Waals surface area contributed by atoms with Crippen molar-refractivity contribution in [2.45, 2.75) is 45.7 Å². The van der Waals surface area contributed by atoms with Crippen molar-refractivity contribution in [2.75, 3.05) is 19.6 Å². The monoisotopic (exact) mass is 391 g/mol. The van der Waals surface area contributed by atoms with Crippen molar-refractivity contribution in [3.63, 3.8) is 0 Å². The summed E-state index contributed by atoms with van der Waals surface area (Å²) in [5.74, 6) is -0.0812. The van der Waals surface area contributed by atoms with Gasteiger partial charge in [-0.15, -0.1) is 0 Å². The number of halogens is 1. The standard InChI is InChI=1S/C20H26ClN3O3/c1-14(22-15(2)25)19(27)23-9-7-20(8-10-23)11-18(26)24(13-20)12-16-3-5-17(21)6-4-16/h3-6,14H,7-13H2,1-2H3,(H,22,25)/t14-/m1/s1. The topological polar surface area (TPSA) is 69.7 Å². The fourth-order valence-corrected chi connectivity index (χ4v) is 4.24. The van der Waals surface area contributed by atoms with Gasteiger partial charge in [0.15, 0.2) is 0 Å². The Morgan fingerprint density at radius 1 is 1.22 bits per heavy atom. The number of amides is 3. The summed E-state index contributed by atoms with van der Waals surface area (Å²) < 4.78 is 0. The van der Waals surface area contributed by atoms with Crippen molar-refractivity contribution in [1.29, 1.82) is 0 Å². The predicted octanol–water partition coefficient (Wildman–Crippen LogP) is 2.21. The first-order chi connectivity index (χ1) is 12.8. The molecule has 2 aliphatic rings. The maximum absolute atomic E-state index is 12.5. The molecule has 1 N–H and O–H groups in total. The lowest BCUT2D eigenvalue weighted by molar-refractivity contribution is -0.137. The van der Waals surface area contributed by atoms with Crippen LogP contribution in [0.1, 0.15) is 38.7 Å². The normalized spacial score (nSPS) is 20.0. The van der Waals surface area contributed by atoms with Gasteiger partial charge < -0.3 is 15.1 Å². The summed E-state index contributed by atoms with van der Waals surface area (Å²) in [6.07, 6.45) is 2.17. The van der Waals surface area contributed by atoms with E-state index in [1.165, 1.54) is 6.92 Å². The Hall–Kier alpha value is -2.08. The van der Waals surface area contributed by atoms with E-state index < -0.39 is 6.04 Å². The average Bonchev–Trinajstić information content (AvgIpc) is 2.91. The molecule has 3 amide bonds. The number of rotatable bonds is 4. The van der Waals surface area contributed by atoms with Gasteiger partial charge in [0.2, 0.25) is 17.7 Å². The zero-order chi connectivity index (χ0) is 19.6. The molecule has 6 nitrogen and oxygen atoms in total. The highest BCUT2D eigenvalue weighted by molar-refractivity contribution is 6.30. The number of likely N-dealkylation sites (tertiary alicyclic amines) is 2. The summed E-state index contributed by atoms with van der Waals surface area (Å²) in [7, 11) is 0. The second-order valence-corrected chi connectivity index (χ2v) is 8.24. The Labute approximate surface area is 164 Å². The molecule has 2 aliphatic heterocycles. The van der Waals surface area contributed by atoms with Crippen LogP contribution < -0.4 is 5.32 Å². The zero-order valence-corrected chi connectivity index (χ0v) is 16.6. The minimum atomic E-state index is -0.511. The lowest BCUT2D eigenvalue weighted by Crippen LogP contribution is -2.51. The highest BCUT2D eigenvalue weighted by Crippen LogP contribution is 2.41. The maximum atomic E-state index is 12.5. The van der Waals surface area contributed by atoms with E-state index in [9.17, 15) is 14.4 Å². The van der Waals surface area contributed by atoms with Crippen LogP contribution in [0.3, 0.4) is 0 Å².